The van der Waals surface area contributed by atoms with Crippen LogP contribution in [0.3, 0.4) is 0 Å². The zero-order valence-electron chi connectivity index (χ0n) is 14.4. The summed E-state index contributed by atoms with van der Waals surface area (Å²) in [6, 6.07) is 21.3. The van der Waals surface area contributed by atoms with Crippen molar-refractivity contribution in [2.45, 2.75) is 0 Å². The number of hydrogen-bond acceptors (Lipinski definition) is 3. The van der Waals surface area contributed by atoms with Gasteiger partial charge in [0, 0.05) is 14.5 Å². The molecule has 0 radical (unpaired) electrons. The molecule has 4 nitrogen and oxygen atoms in total. The fourth-order valence-corrected chi connectivity index (χ4v) is 3.75. The van der Waals surface area contributed by atoms with Crippen LogP contribution in [0.1, 0.15) is 10.4 Å². The number of halogens is 2. The number of nitrogens with one attached hydrogen (secondary N) is 1. The Hall–Kier alpha value is -2.64. The molecule has 0 aliphatic rings. The van der Waals surface area contributed by atoms with Gasteiger partial charge in [0.2, 0.25) is 0 Å². The summed E-state index contributed by atoms with van der Waals surface area (Å²) in [5, 5.41) is 4.11. The molecular formula is C22H13ClINO3. The van der Waals surface area contributed by atoms with Crippen molar-refractivity contribution in [2.24, 2.45) is 0 Å². The van der Waals surface area contributed by atoms with Crippen molar-refractivity contribution < 1.29 is 9.21 Å². The third kappa shape index (κ3) is 3.81. The van der Waals surface area contributed by atoms with Crippen LogP contribution >= 0.6 is 34.2 Å². The van der Waals surface area contributed by atoms with Gasteiger partial charge >= 0.3 is 5.63 Å². The van der Waals surface area contributed by atoms with Crippen molar-refractivity contribution in [1.82, 2.24) is 0 Å². The summed E-state index contributed by atoms with van der Waals surface area (Å²) in [6.45, 7) is 0. The van der Waals surface area contributed by atoms with Crippen LogP contribution in [0.25, 0.3) is 22.1 Å². The highest BCUT2D eigenvalue weighted by atomic mass is 127. The molecule has 1 aromatic heterocycles. The van der Waals surface area contributed by atoms with E-state index in [1.165, 1.54) is 0 Å². The van der Waals surface area contributed by atoms with Gasteiger partial charge in [-0.3, -0.25) is 4.79 Å². The molecule has 138 valence electrons. The first-order valence-electron chi connectivity index (χ1n) is 8.41. The highest BCUT2D eigenvalue weighted by molar-refractivity contribution is 14.1. The minimum Gasteiger partial charge on any atom is -0.422 e. The fourth-order valence-electron chi connectivity index (χ4n) is 2.85. The quantitative estimate of drug-likeness (QED) is 0.278. The molecule has 0 unspecified atom stereocenters. The van der Waals surface area contributed by atoms with E-state index >= 15 is 0 Å². The second-order valence-corrected chi connectivity index (χ2v) is 7.79. The Bertz CT molecular complexity index is 1250. The Morgan fingerprint density at radius 2 is 1.71 bits per heavy atom. The zero-order chi connectivity index (χ0) is 19.7. The van der Waals surface area contributed by atoms with Crippen LogP contribution in [-0.2, 0) is 0 Å². The number of hydrogen-bond donors (Lipinski definition) is 1. The van der Waals surface area contributed by atoms with Crippen molar-refractivity contribution >= 4 is 56.8 Å². The lowest BCUT2D eigenvalue weighted by molar-refractivity contribution is 0.102. The second kappa shape index (κ2) is 7.77. The van der Waals surface area contributed by atoms with Crippen LogP contribution < -0.4 is 10.9 Å². The van der Waals surface area contributed by atoms with E-state index in [2.05, 4.69) is 27.9 Å². The van der Waals surface area contributed by atoms with Gasteiger partial charge in [-0.15, -0.1) is 0 Å². The molecule has 0 fully saturated rings. The first-order chi connectivity index (χ1) is 13.5. The number of rotatable bonds is 3. The number of anilines is 1. The first kappa shape index (κ1) is 18.7. The molecule has 0 saturated heterocycles. The largest absolute Gasteiger partial charge is 0.422 e. The van der Waals surface area contributed by atoms with Gasteiger partial charge in [-0.1, -0.05) is 41.9 Å². The molecule has 28 heavy (non-hydrogen) atoms. The van der Waals surface area contributed by atoms with Gasteiger partial charge < -0.3 is 9.73 Å². The third-order valence-electron chi connectivity index (χ3n) is 4.28. The molecule has 0 bridgehead atoms. The number of amides is 1. The van der Waals surface area contributed by atoms with Crippen LogP contribution in [0, 0.1) is 3.57 Å². The zero-order valence-corrected chi connectivity index (χ0v) is 17.3. The Labute approximate surface area is 179 Å². The average Bonchev–Trinajstić information content (AvgIpc) is 2.69. The molecule has 0 spiro atoms. The van der Waals surface area contributed by atoms with Crippen molar-refractivity contribution in [2.75, 3.05) is 5.32 Å². The lowest BCUT2D eigenvalue weighted by Gasteiger charge is -2.08. The SMILES string of the molecule is O=C(Nc1ccc(I)cc1Cl)c1ccc(-c2cc3ccccc3oc2=O)cc1. The summed E-state index contributed by atoms with van der Waals surface area (Å²) in [5.41, 5.74) is 2.27. The lowest BCUT2D eigenvalue weighted by atomic mass is 10.0. The summed E-state index contributed by atoms with van der Waals surface area (Å²) < 4.78 is 6.36. The fraction of sp³-hybridized carbons (Fsp3) is 0. The van der Waals surface area contributed by atoms with Crippen LogP contribution in [0.15, 0.2) is 82.0 Å². The molecule has 0 saturated carbocycles. The van der Waals surface area contributed by atoms with E-state index in [4.69, 9.17) is 16.0 Å². The smallest absolute Gasteiger partial charge is 0.344 e. The Morgan fingerprint density at radius 3 is 2.46 bits per heavy atom. The minimum absolute atomic E-state index is 0.278. The molecule has 0 aliphatic carbocycles. The summed E-state index contributed by atoms with van der Waals surface area (Å²) in [5.74, 6) is -0.278. The topological polar surface area (TPSA) is 59.3 Å². The van der Waals surface area contributed by atoms with E-state index in [0.717, 1.165) is 8.96 Å². The first-order valence-corrected chi connectivity index (χ1v) is 9.87. The summed E-state index contributed by atoms with van der Waals surface area (Å²) in [4.78, 5) is 24.8. The predicted molar refractivity (Wildman–Crippen MR) is 120 cm³/mol. The molecule has 3 aromatic carbocycles. The van der Waals surface area contributed by atoms with E-state index in [1.54, 1.807) is 48.5 Å². The summed E-state index contributed by atoms with van der Waals surface area (Å²) >= 11 is 8.32. The van der Waals surface area contributed by atoms with Crippen LogP contribution in [0.5, 0.6) is 0 Å². The Balaban J connectivity index is 1.61. The standard InChI is InChI=1S/C22H13ClINO3/c23-18-12-16(24)9-10-19(18)25-21(26)14-7-5-13(6-8-14)17-11-15-3-1-2-4-20(15)28-22(17)27/h1-12H,(H,25,26). The second-order valence-electron chi connectivity index (χ2n) is 6.14. The van der Waals surface area contributed by atoms with Crippen molar-refractivity contribution in [3.63, 3.8) is 0 Å². The van der Waals surface area contributed by atoms with E-state index in [-0.39, 0.29) is 5.91 Å². The Morgan fingerprint density at radius 1 is 0.964 bits per heavy atom. The van der Waals surface area contributed by atoms with E-state index < -0.39 is 5.63 Å². The molecule has 4 aromatic rings. The highest BCUT2D eigenvalue weighted by Gasteiger charge is 2.11. The van der Waals surface area contributed by atoms with Gasteiger partial charge in [-0.2, -0.15) is 0 Å². The van der Waals surface area contributed by atoms with Gasteiger partial charge in [0.05, 0.1) is 16.3 Å². The van der Waals surface area contributed by atoms with E-state index in [1.807, 2.05) is 24.3 Å². The molecule has 0 aliphatic heterocycles. The van der Waals surface area contributed by atoms with Crippen molar-refractivity contribution in [3.05, 3.63) is 97.4 Å². The summed E-state index contributed by atoms with van der Waals surface area (Å²) in [7, 11) is 0. The normalized spacial score (nSPS) is 10.8. The molecule has 1 amide bonds. The van der Waals surface area contributed by atoms with E-state index in [0.29, 0.717) is 33.0 Å². The number of fused-ring (bicyclic) bond motifs is 1. The maximum atomic E-state index is 12.5. The third-order valence-corrected chi connectivity index (χ3v) is 5.26. The molecular weight excluding hydrogens is 489 g/mol. The minimum atomic E-state index is -0.415. The molecule has 0 atom stereocenters. The van der Waals surface area contributed by atoms with Crippen LogP contribution in [-0.4, -0.2) is 5.91 Å². The number of benzene rings is 3. The summed E-state index contributed by atoms with van der Waals surface area (Å²) in [6.07, 6.45) is 0. The van der Waals surface area contributed by atoms with Gasteiger partial charge in [0.15, 0.2) is 0 Å². The van der Waals surface area contributed by atoms with Gasteiger partial charge in [-0.05, 0) is 70.6 Å². The van der Waals surface area contributed by atoms with Crippen LogP contribution in [0.2, 0.25) is 5.02 Å². The Kier molecular flexibility index (Phi) is 5.19. The van der Waals surface area contributed by atoms with Gasteiger partial charge in [0.25, 0.3) is 5.91 Å². The number of carbonyl (C=O) groups excluding carboxylic acids is 1. The van der Waals surface area contributed by atoms with Gasteiger partial charge in [0.1, 0.15) is 5.58 Å². The number of carbonyl (C=O) groups is 1. The highest BCUT2D eigenvalue weighted by Crippen LogP contribution is 2.25. The molecule has 6 heteroatoms. The maximum absolute atomic E-state index is 12.5. The monoisotopic (exact) mass is 501 g/mol. The van der Waals surface area contributed by atoms with Crippen LogP contribution in [0.4, 0.5) is 5.69 Å². The van der Waals surface area contributed by atoms with Crippen molar-refractivity contribution in [3.8, 4) is 11.1 Å². The molecule has 4 rings (SSSR count). The lowest BCUT2D eigenvalue weighted by Crippen LogP contribution is -2.12. The number of para-hydroxylation sites is 1. The van der Waals surface area contributed by atoms with Crippen molar-refractivity contribution in [1.29, 1.82) is 0 Å². The molecule has 1 N–H and O–H groups in total. The predicted octanol–water partition coefficient (Wildman–Crippen LogP) is 5.97. The van der Waals surface area contributed by atoms with E-state index in [9.17, 15) is 9.59 Å². The molecule has 1 heterocycles. The maximum Gasteiger partial charge on any atom is 0.344 e. The van der Waals surface area contributed by atoms with Gasteiger partial charge in [-0.25, -0.2) is 4.79 Å². The average molecular weight is 502 g/mol.